The number of likely N-dealkylation sites (tertiary alicyclic amines) is 1. The Morgan fingerprint density at radius 3 is 2.88 bits per heavy atom. The highest BCUT2D eigenvalue weighted by Crippen LogP contribution is 2.39. The average molecular weight is 355 g/mol. The van der Waals surface area contributed by atoms with E-state index in [9.17, 15) is 14.4 Å². The van der Waals surface area contributed by atoms with E-state index in [1.165, 1.54) is 0 Å². The number of urea groups is 1. The van der Waals surface area contributed by atoms with Crippen LogP contribution >= 0.6 is 0 Å². The van der Waals surface area contributed by atoms with Crippen molar-refractivity contribution in [1.29, 1.82) is 0 Å². The van der Waals surface area contributed by atoms with Crippen LogP contribution in [-0.4, -0.2) is 47.3 Å². The van der Waals surface area contributed by atoms with Gasteiger partial charge in [-0.05, 0) is 49.1 Å². The zero-order valence-corrected chi connectivity index (χ0v) is 15.2. The Balaban J connectivity index is 1.56. The Labute approximate surface area is 153 Å². The largest absolute Gasteiger partial charge is 0.341 e. The summed E-state index contributed by atoms with van der Waals surface area (Å²) in [6.45, 7) is 3.37. The maximum absolute atomic E-state index is 13.2. The normalized spacial score (nSPS) is 28.3. The molecule has 138 valence electrons. The van der Waals surface area contributed by atoms with Gasteiger partial charge in [0, 0.05) is 13.1 Å². The number of benzene rings is 1. The van der Waals surface area contributed by atoms with Crippen LogP contribution in [-0.2, 0) is 21.5 Å². The van der Waals surface area contributed by atoms with Crippen molar-refractivity contribution >= 4 is 17.8 Å². The van der Waals surface area contributed by atoms with Crippen LogP contribution in [0.15, 0.2) is 24.3 Å². The predicted octanol–water partition coefficient (Wildman–Crippen LogP) is 2.03. The number of piperidine rings is 1. The molecule has 0 aromatic heterocycles. The van der Waals surface area contributed by atoms with E-state index in [2.05, 4.69) is 12.2 Å². The number of aryl methyl sites for hydroxylation is 1. The van der Waals surface area contributed by atoms with Gasteiger partial charge in [0.1, 0.15) is 12.1 Å². The molecule has 0 bridgehead atoms. The van der Waals surface area contributed by atoms with Gasteiger partial charge >= 0.3 is 6.03 Å². The van der Waals surface area contributed by atoms with Crippen molar-refractivity contribution in [1.82, 2.24) is 15.1 Å². The fraction of sp³-hybridized carbons (Fsp3) is 0.550. The van der Waals surface area contributed by atoms with Gasteiger partial charge in [0.2, 0.25) is 5.91 Å². The van der Waals surface area contributed by atoms with Crippen LogP contribution < -0.4 is 5.32 Å². The molecule has 3 aliphatic rings. The standard InChI is InChI=1S/C20H25N3O3/c1-14-6-5-11-22(12-14)17(24)13-23-18(25)20(21-19(23)26)10-4-8-15-7-2-3-9-16(15)20/h2-3,7,9,14H,4-6,8,10-13H2,1H3,(H,21,26)/t14-,20+/m1/s1. The highest BCUT2D eigenvalue weighted by Gasteiger charge is 2.54. The first-order valence-electron chi connectivity index (χ1n) is 9.51. The highest BCUT2D eigenvalue weighted by molar-refractivity contribution is 6.09. The van der Waals surface area contributed by atoms with Crippen molar-refractivity contribution in [2.75, 3.05) is 19.6 Å². The number of amides is 4. The van der Waals surface area contributed by atoms with Gasteiger partial charge < -0.3 is 10.2 Å². The lowest BCUT2D eigenvalue weighted by molar-refractivity contribution is -0.140. The second kappa shape index (κ2) is 6.41. The summed E-state index contributed by atoms with van der Waals surface area (Å²) in [5.74, 6) is 0.0432. The molecule has 2 aliphatic heterocycles. The molecule has 1 N–H and O–H groups in total. The summed E-state index contributed by atoms with van der Waals surface area (Å²) in [6, 6.07) is 7.33. The molecule has 2 atom stereocenters. The SMILES string of the molecule is C[C@@H]1CCCN(C(=O)CN2C(=O)N[C@]3(CCCc4ccccc43)C2=O)C1. The van der Waals surface area contributed by atoms with Crippen molar-refractivity contribution in [3.8, 4) is 0 Å². The first-order chi connectivity index (χ1) is 12.5. The molecule has 0 unspecified atom stereocenters. The molecule has 1 spiro atoms. The van der Waals surface area contributed by atoms with Gasteiger partial charge in [0.05, 0.1) is 0 Å². The van der Waals surface area contributed by atoms with Gasteiger partial charge in [-0.1, -0.05) is 31.2 Å². The fourth-order valence-corrected chi connectivity index (χ4v) is 4.61. The smallest absolute Gasteiger partial charge is 0.325 e. The van der Waals surface area contributed by atoms with Crippen LogP contribution in [0.3, 0.4) is 0 Å². The lowest BCUT2D eigenvalue weighted by atomic mass is 9.76. The summed E-state index contributed by atoms with van der Waals surface area (Å²) < 4.78 is 0. The number of hydrogen-bond donors (Lipinski definition) is 1. The molecule has 1 aromatic rings. The number of imide groups is 1. The van der Waals surface area contributed by atoms with Gasteiger partial charge in [-0.15, -0.1) is 0 Å². The van der Waals surface area contributed by atoms with E-state index in [4.69, 9.17) is 0 Å². The van der Waals surface area contributed by atoms with Gasteiger partial charge in [-0.2, -0.15) is 0 Å². The maximum atomic E-state index is 13.2. The third-order valence-electron chi connectivity index (χ3n) is 5.95. The van der Waals surface area contributed by atoms with Crippen LogP contribution in [0.2, 0.25) is 0 Å². The summed E-state index contributed by atoms with van der Waals surface area (Å²) >= 11 is 0. The molecule has 0 saturated carbocycles. The molecular formula is C20H25N3O3. The zero-order valence-electron chi connectivity index (χ0n) is 15.2. The lowest BCUT2D eigenvalue weighted by Crippen LogP contribution is -2.48. The third-order valence-corrected chi connectivity index (χ3v) is 5.95. The van der Waals surface area contributed by atoms with Gasteiger partial charge in [0.15, 0.2) is 0 Å². The van der Waals surface area contributed by atoms with E-state index in [0.717, 1.165) is 41.7 Å². The van der Waals surface area contributed by atoms with Gasteiger partial charge in [-0.3, -0.25) is 14.5 Å². The van der Waals surface area contributed by atoms with Crippen molar-refractivity contribution in [3.05, 3.63) is 35.4 Å². The van der Waals surface area contributed by atoms with E-state index in [1.54, 1.807) is 4.90 Å². The quantitative estimate of drug-likeness (QED) is 0.825. The Bertz CT molecular complexity index is 762. The van der Waals surface area contributed by atoms with E-state index in [-0.39, 0.29) is 18.4 Å². The fourth-order valence-electron chi connectivity index (χ4n) is 4.61. The number of hydrogen-bond acceptors (Lipinski definition) is 3. The predicted molar refractivity (Wildman–Crippen MR) is 96.3 cm³/mol. The molecule has 0 radical (unpaired) electrons. The zero-order chi connectivity index (χ0) is 18.3. The molecule has 2 heterocycles. The number of nitrogens with one attached hydrogen (secondary N) is 1. The van der Waals surface area contributed by atoms with Crippen molar-refractivity contribution in [3.63, 3.8) is 0 Å². The minimum Gasteiger partial charge on any atom is -0.341 e. The third kappa shape index (κ3) is 2.68. The second-order valence-corrected chi connectivity index (χ2v) is 7.82. The number of rotatable bonds is 2. The first-order valence-corrected chi connectivity index (χ1v) is 9.51. The van der Waals surface area contributed by atoms with Crippen molar-refractivity contribution in [2.24, 2.45) is 5.92 Å². The first kappa shape index (κ1) is 17.1. The lowest BCUT2D eigenvalue weighted by Gasteiger charge is -2.34. The molecular weight excluding hydrogens is 330 g/mol. The summed E-state index contributed by atoms with van der Waals surface area (Å²) in [6.07, 6.45) is 4.43. The van der Waals surface area contributed by atoms with Crippen LogP contribution in [0.5, 0.6) is 0 Å². The summed E-state index contributed by atoms with van der Waals surface area (Å²) in [5, 5.41) is 2.91. The molecule has 1 aromatic carbocycles. The van der Waals surface area contributed by atoms with Crippen LogP contribution in [0.4, 0.5) is 4.79 Å². The van der Waals surface area contributed by atoms with Crippen molar-refractivity contribution < 1.29 is 14.4 Å². The Hall–Kier alpha value is -2.37. The van der Waals surface area contributed by atoms with Gasteiger partial charge in [-0.25, -0.2) is 4.79 Å². The Kier molecular flexibility index (Phi) is 4.21. The molecule has 2 saturated heterocycles. The average Bonchev–Trinajstić information content (AvgIpc) is 2.87. The molecule has 2 fully saturated rings. The monoisotopic (exact) mass is 355 g/mol. The summed E-state index contributed by atoms with van der Waals surface area (Å²) in [4.78, 5) is 41.3. The topological polar surface area (TPSA) is 69.7 Å². The number of carbonyl (C=O) groups is 3. The van der Waals surface area contributed by atoms with Crippen LogP contribution in [0, 0.1) is 5.92 Å². The van der Waals surface area contributed by atoms with Gasteiger partial charge in [0.25, 0.3) is 5.91 Å². The second-order valence-electron chi connectivity index (χ2n) is 7.82. The number of fused-ring (bicyclic) bond motifs is 2. The minimum atomic E-state index is -0.999. The van der Waals surface area contributed by atoms with E-state index >= 15 is 0 Å². The van der Waals surface area contributed by atoms with Crippen molar-refractivity contribution in [2.45, 2.75) is 44.6 Å². The highest BCUT2D eigenvalue weighted by atomic mass is 16.2. The molecule has 1 aliphatic carbocycles. The molecule has 4 rings (SSSR count). The minimum absolute atomic E-state index is 0.138. The maximum Gasteiger partial charge on any atom is 0.325 e. The molecule has 6 heteroatoms. The van der Waals surface area contributed by atoms with E-state index in [0.29, 0.717) is 25.4 Å². The molecule has 26 heavy (non-hydrogen) atoms. The molecule has 4 amide bonds. The Morgan fingerprint density at radius 1 is 1.27 bits per heavy atom. The molecule has 6 nitrogen and oxygen atoms in total. The number of carbonyl (C=O) groups excluding carboxylic acids is 3. The summed E-state index contributed by atoms with van der Waals surface area (Å²) in [5.41, 5.74) is 0.984. The number of nitrogens with zero attached hydrogens (tertiary/aromatic N) is 2. The van der Waals surface area contributed by atoms with E-state index < -0.39 is 11.6 Å². The van der Waals surface area contributed by atoms with Crippen LogP contribution in [0.1, 0.15) is 43.7 Å². The van der Waals surface area contributed by atoms with Crippen LogP contribution in [0.25, 0.3) is 0 Å². The summed E-state index contributed by atoms with van der Waals surface area (Å²) in [7, 11) is 0. The Morgan fingerprint density at radius 2 is 2.08 bits per heavy atom. The van der Waals surface area contributed by atoms with E-state index in [1.807, 2.05) is 24.3 Å².